The molecule has 0 aliphatic heterocycles. The quantitative estimate of drug-likeness (QED) is 0.787. The summed E-state index contributed by atoms with van der Waals surface area (Å²) < 4.78 is 5.89. The third-order valence-electron chi connectivity index (χ3n) is 2.12. The van der Waals surface area contributed by atoms with Crippen LogP contribution in [0.1, 0.15) is 24.5 Å². The molecule has 3 heteroatoms. The van der Waals surface area contributed by atoms with Crippen LogP contribution in [0.3, 0.4) is 0 Å². The Morgan fingerprint density at radius 2 is 2.25 bits per heavy atom. The first-order chi connectivity index (χ1) is 7.63. The molecule has 0 unspecified atom stereocenters. The topological polar surface area (TPSA) is 26.3 Å². The number of esters is 1. The minimum Gasteiger partial charge on any atom is -0.466 e. The van der Waals surface area contributed by atoms with E-state index in [2.05, 4.69) is 15.9 Å². The van der Waals surface area contributed by atoms with Crippen LogP contribution < -0.4 is 0 Å². The molecule has 16 heavy (non-hydrogen) atoms. The van der Waals surface area contributed by atoms with E-state index in [0.29, 0.717) is 13.0 Å². The molecule has 0 amide bonds. The summed E-state index contributed by atoms with van der Waals surface area (Å²) in [5, 5.41) is 0. The van der Waals surface area contributed by atoms with E-state index >= 15 is 0 Å². The van der Waals surface area contributed by atoms with Crippen molar-refractivity contribution in [2.45, 2.75) is 20.3 Å². The summed E-state index contributed by atoms with van der Waals surface area (Å²) in [4.78, 5) is 11.1. The van der Waals surface area contributed by atoms with E-state index in [1.54, 1.807) is 6.92 Å². The van der Waals surface area contributed by atoms with Crippen molar-refractivity contribution in [3.63, 3.8) is 0 Å². The van der Waals surface area contributed by atoms with E-state index in [1.807, 2.05) is 37.3 Å². The summed E-state index contributed by atoms with van der Waals surface area (Å²) >= 11 is 3.41. The van der Waals surface area contributed by atoms with Gasteiger partial charge < -0.3 is 4.74 Å². The van der Waals surface area contributed by atoms with Gasteiger partial charge in [0.2, 0.25) is 0 Å². The first-order valence-electron chi connectivity index (χ1n) is 5.21. The highest BCUT2D eigenvalue weighted by atomic mass is 79.9. The fourth-order valence-electron chi connectivity index (χ4n) is 1.33. The van der Waals surface area contributed by atoms with Gasteiger partial charge >= 0.3 is 5.97 Å². The lowest BCUT2D eigenvalue weighted by molar-refractivity contribution is -0.142. The van der Waals surface area contributed by atoms with Crippen LogP contribution in [0.2, 0.25) is 0 Å². The standard InChI is InChI=1S/C13H15BrO2/c1-3-16-13(15)6-4-5-11-7-8-12(14)9-10(11)2/h4-5,7-9H,3,6H2,1-2H3. The molecule has 0 spiro atoms. The SMILES string of the molecule is CCOC(=O)CC=Cc1ccc(Br)cc1C. The number of aryl methyl sites for hydroxylation is 1. The molecule has 86 valence electrons. The first kappa shape index (κ1) is 13.0. The van der Waals surface area contributed by atoms with Crippen LogP contribution in [0, 0.1) is 6.92 Å². The molecule has 1 aromatic carbocycles. The second-order valence-corrected chi connectivity index (χ2v) is 4.33. The lowest BCUT2D eigenvalue weighted by atomic mass is 10.1. The molecule has 0 radical (unpaired) electrons. The van der Waals surface area contributed by atoms with Crippen LogP contribution in [0.4, 0.5) is 0 Å². The summed E-state index contributed by atoms with van der Waals surface area (Å²) in [5.74, 6) is -0.187. The van der Waals surface area contributed by atoms with E-state index in [1.165, 1.54) is 5.56 Å². The van der Waals surface area contributed by atoms with Gasteiger partial charge in [-0.3, -0.25) is 4.79 Å². The molecule has 0 fully saturated rings. The normalized spacial score (nSPS) is 10.7. The third-order valence-corrected chi connectivity index (χ3v) is 2.61. The van der Waals surface area contributed by atoms with Crippen molar-refractivity contribution >= 4 is 28.0 Å². The number of benzene rings is 1. The monoisotopic (exact) mass is 282 g/mol. The van der Waals surface area contributed by atoms with Gasteiger partial charge in [0, 0.05) is 4.47 Å². The van der Waals surface area contributed by atoms with Crippen LogP contribution in [-0.2, 0) is 9.53 Å². The molecule has 0 saturated heterocycles. The van der Waals surface area contributed by atoms with Gasteiger partial charge in [-0.15, -0.1) is 0 Å². The Balaban J connectivity index is 2.59. The molecule has 0 heterocycles. The highest BCUT2D eigenvalue weighted by Gasteiger charge is 1.98. The second kappa shape index (κ2) is 6.48. The zero-order chi connectivity index (χ0) is 12.0. The summed E-state index contributed by atoms with van der Waals surface area (Å²) in [6, 6.07) is 6.04. The molecule has 0 atom stereocenters. The van der Waals surface area contributed by atoms with E-state index in [0.717, 1.165) is 10.0 Å². The minimum absolute atomic E-state index is 0.187. The predicted octanol–water partition coefficient (Wildman–Crippen LogP) is 3.72. The van der Waals surface area contributed by atoms with Crippen molar-refractivity contribution in [3.05, 3.63) is 39.9 Å². The van der Waals surface area contributed by atoms with Crippen molar-refractivity contribution in [1.29, 1.82) is 0 Å². The maximum Gasteiger partial charge on any atom is 0.309 e. The smallest absolute Gasteiger partial charge is 0.309 e. The van der Waals surface area contributed by atoms with Gasteiger partial charge in [0.25, 0.3) is 0 Å². The Morgan fingerprint density at radius 3 is 2.88 bits per heavy atom. The highest BCUT2D eigenvalue weighted by Crippen LogP contribution is 2.17. The van der Waals surface area contributed by atoms with Gasteiger partial charge in [-0.05, 0) is 37.1 Å². The number of carbonyl (C=O) groups is 1. The number of hydrogen-bond acceptors (Lipinski definition) is 2. The number of ether oxygens (including phenoxy) is 1. The van der Waals surface area contributed by atoms with Gasteiger partial charge in [-0.2, -0.15) is 0 Å². The van der Waals surface area contributed by atoms with Crippen molar-refractivity contribution in [2.24, 2.45) is 0 Å². The third kappa shape index (κ3) is 4.19. The van der Waals surface area contributed by atoms with Crippen molar-refractivity contribution < 1.29 is 9.53 Å². The molecular formula is C13H15BrO2. The minimum atomic E-state index is -0.187. The fraction of sp³-hybridized carbons (Fsp3) is 0.308. The first-order valence-corrected chi connectivity index (χ1v) is 6.01. The van der Waals surface area contributed by atoms with Gasteiger partial charge in [-0.25, -0.2) is 0 Å². The maximum absolute atomic E-state index is 11.1. The summed E-state index contributed by atoms with van der Waals surface area (Å²) in [6.07, 6.45) is 4.09. The van der Waals surface area contributed by atoms with Crippen molar-refractivity contribution in [3.8, 4) is 0 Å². The van der Waals surface area contributed by atoms with Crippen molar-refractivity contribution in [2.75, 3.05) is 6.61 Å². The molecular weight excluding hydrogens is 268 g/mol. The van der Waals surface area contributed by atoms with Gasteiger partial charge in [-0.1, -0.05) is 34.1 Å². The summed E-state index contributed by atoms with van der Waals surface area (Å²) in [7, 11) is 0. The lowest BCUT2D eigenvalue weighted by Gasteiger charge is -2.01. The molecule has 0 N–H and O–H groups in total. The van der Waals surface area contributed by atoms with Crippen LogP contribution in [0.15, 0.2) is 28.7 Å². The molecule has 1 aromatic rings. The number of halogens is 1. The van der Waals surface area contributed by atoms with E-state index < -0.39 is 0 Å². The molecule has 0 aromatic heterocycles. The van der Waals surface area contributed by atoms with Crippen LogP contribution >= 0.6 is 15.9 Å². The Morgan fingerprint density at radius 1 is 1.50 bits per heavy atom. The average molecular weight is 283 g/mol. The average Bonchev–Trinajstić information content (AvgIpc) is 2.22. The fourth-order valence-corrected chi connectivity index (χ4v) is 1.80. The molecule has 1 rings (SSSR count). The summed E-state index contributed by atoms with van der Waals surface area (Å²) in [6.45, 7) is 4.28. The zero-order valence-corrected chi connectivity index (χ0v) is 11.1. The van der Waals surface area contributed by atoms with Crippen LogP contribution in [0.5, 0.6) is 0 Å². The van der Waals surface area contributed by atoms with Gasteiger partial charge in [0.05, 0.1) is 13.0 Å². The Labute approximate surface area is 104 Å². The lowest BCUT2D eigenvalue weighted by Crippen LogP contribution is -2.01. The van der Waals surface area contributed by atoms with Crippen LogP contribution in [-0.4, -0.2) is 12.6 Å². The predicted molar refractivity (Wildman–Crippen MR) is 69.2 cm³/mol. The molecule has 0 bridgehead atoms. The highest BCUT2D eigenvalue weighted by molar-refractivity contribution is 9.10. The molecule has 0 aliphatic carbocycles. The molecule has 2 nitrogen and oxygen atoms in total. The molecule has 0 saturated carbocycles. The van der Waals surface area contributed by atoms with Gasteiger partial charge in [0.15, 0.2) is 0 Å². The van der Waals surface area contributed by atoms with E-state index in [4.69, 9.17) is 4.74 Å². The second-order valence-electron chi connectivity index (χ2n) is 3.41. The van der Waals surface area contributed by atoms with Crippen molar-refractivity contribution in [1.82, 2.24) is 0 Å². The number of carbonyl (C=O) groups excluding carboxylic acids is 1. The largest absolute Gasteiger partial charge is 0.466 e. The Hall–Kier alpha value is -1.09. The van der Waals surface area contributed by atoms with Gasteiger partial charge in [0.1, 0.15) is 0 Å². The Kier molecular flexibility index (Phi) is 5.26. The van der Waals surface area contributed by atoms with E-state index in [9.17, 15) is 4.79 Å². The number of hydrogen-bond donors (Lipinski definition) is 0. The summed E-state index contributed by atoms with van der Waals surface area (Å²) in [5.41, 5.74) is 2.29. The Bertz CT molecular complexity index is 397. The molecule has 0 aliphatic rings. The zero-order valence-electron chi connectivity index (χ0n) is 9.50. The maximum atomic E-state index is 11.1. The van der Waals surface area contributed by atoms with E-state index in [-0.39, 0.29) is 5.97 Å². The number of rotatable bonds is 4. The van der Waals surface area contributed by atoms with Crippen LogP contribution in [0.25, 0.3) is 6.08 Å².